The van der Waals surface area contributed by atoms with E-state index in [1.807, 2.05) is 0 Å². The maximum absolute atomic E-state index is 12.1. The van der Waals surface area contributed by atoms with Crippen molar-refractivity contribution in [1.29, 1.82) is 0 Å². The first-order valence-electron chi connectivity index (χ1n) is 10.3. The molecule has 1 fully saturated rings. The van der Waals surface area contributed by atoms with Crippen LogP contribution in [-0.4, -0.2) is 66.7 Å². The summed E-state index contributed by atoms with van der Waals surface area (Å²) in [4.78, 5) is 40.4. The Bertz CT molecular complexity index is 623. The maximum atomic E-state index is 12.1. The Hall–Kier alpha value is -2.46. The van der Waals surface area contributed by atoms with Gasteiger partial charge in [0.25, 0.3) is 0 Å². The molecule has 0 aromatic heterocycles. The Morgan fingerprint density at radius 2 is 2.07 bits per heavy atom. The SMILES string of the molecule is C=CCOC(=O)/N=C(\N)N1CCCC(NC(=O)C(C)N)C1OCCCCCC(C)=O. The summed E-state index contributed by atoms with van der Waals surface area (Å²) < 4.78 is 10.9. The van der Waals surface area contributed by atoms with E-state index in [0.717, 1.165) is 25.7 Å². The van der Waals surface area contributed by atoms with Gasteiger partial charge in [-0.05, 0) is 39.5 Å². The summed E-state index contributed by atoms with van der Waals surface area (Å²) in [7, 11) is 0. The summed E-state index contributed by atoms with van der Waals surface area (Å²) in [6.45, 7) is 7.61. The van der Waals surface area contributed by atoms with Crippen LogP contribution in [0.1, 0.15) is 52.4 Å². The summed E-state index contributed by atoms with van der Waals surface area (Å²) >= 11 is 0. The number of amides is 2. The van der Waals surface area contributed by atoms with Crippen LogP contribution in [0, 0.1) is 0 Å². The minimum atomic E-state index is -0.822. The lowest BCUT2D eigenvalue weighted by Gasteiger charge is -2.41. The molecule has 0 aliphatic carbocycles. The number of hydrogen-bond donors (Lipinski definition) is 3. The van der Waals surface area contributed by atoms with E-state index in [1.165, 1.54) is 6.08 Å². The Balaban J connectivity index is 2.81. The number of ether oxygens (including phenoxy) is 2. The molecule has 1 rings (SSSR count). The summed E-state index contributed by atoms with van der Waals surface area (Å²) in [6, 6.07) is -1.01. The van der Waals surface area contributed by atoms with Crippen molar-refractivity contribution in [1.82, 2.24) is 10.2 Å². The van der Waals surface area contributed by atoms with Crippen molar-refractivity contribution >= 4 is 23.7 Å². The number of hydrogen-bond acceptors (Lipinski definition) is 6. The number of aliphatic imine (C=N–C) groups is 1. The fourth-order valence-corrected chi connectivity index (χ4v) is 3.05. The smallest absolute Gasteiger partial charge is 0.437 e. The molecule has 30 heavy (non-hydrogen) atoms. The van der Waals surface area contributed by atoms with Crippen molar-refractivity contribution < 1.29 is 23.9 Å². The fourth-order valence-electron chi connectivity index (χ4n) is 3.05. The van der Waals surface area contributed by atoms with Gasteiger partial charge in [-0.25, -0.2) is 4.79 Å². The Morgan fingerprint density at radius 3 is 2.70 bits per heavy atom. The number of nitrogens with one attached hydrogen (secondary N) is 1. The average Bonchev–Trinajstić information content (AvgIpc) is 2.69. The average molecular weight is 426 g/mol. The van der Waals surface area contributed by atoms with Crippen molar-refractivity contribution in [3.05, 3.63) is 12.7 Å². The zero-order chi connectivity index (χ0) is 22.5. The minimum absolute atomic E-state index is 0.0306. The molecule has 5 N–H and O–H groups in total. The molecule has 0 aromatic rings. The van der Waals surface area contributed by atoms with Crippen LogP contribution in [0.15, 0.2) is 17.6 Å². The summed E-state index contributed by atoms with van der Waals surface area (Å²) in [5, 5.41) is 2.89. The van der Waals surface area contributed by atoms with E-state index in [9.17, 15) is 14.4 Å². The molecule has 0 aromatic carbocycles. The topological polar surface area (TPSA) is 149 Å². The van der Waals surface area contributed by atoms with Gasteiger partial charge < -0.3 is 36.0 Å². The van der Waals surface area contributed by atoms with E-state index >= 15 is 0 Å². The molecule has 1 heterocycles. The van der Waals surface area contributed by atoms with Gasteiger partial charge in [0.1, 0.15) is 12.4 Å². The number of ketones is 1. The molecule has 10 nitrogen and oxygen atoms in total. The number of rotatable bonds is 11. The third kappa shape index (κ3) is 9.36. The third-order valence-electron chi connectivity index (χ3n) is 4.59. The third-order valence-corrected chi connectivity index (χ3v) is 4.59. The van der Waals surface area contributed by atoms with Gasteiger partial charge in [0.2, 0.25) is 11.9 Å². The first-order chi connectivity index (χ1) is 14.3. The molecule has 10 heteroatoms. The van der Waals surface area contributed by atoms with Crippen LogP contribution in [0.3, 0.4) is 0 Å². The molecule has 0 radical (unpaired) electrons. The van der Waals surface area contributed by atoms with Crippen LogP contribution < -0.4 is 16.8 Å². The Morgan fingerprint density at radius 1 is 1.33 bits per heavy atom. The van der Waals surface area contributed by atoms with Gasteiger partial charge in [0.05, 0.1) is 12.1 Å². The predicted molar refractivity (Wildman–Crippen MR) is 114 cm³/mol. The van der Waals surface area contributed by atoms with Crippen LogP contribution in [0.4, 0.5) is 4.79 Å². The molecule has 3 unspecified atom stereocenters. The zero-order valence-electron chi connectivity index (χ0n) is 18.0. The highest BCUT2D eigenvalue weighted by Gasteiger charge is 2.35. The second-order valence-corrected chi connectivity index (χ2v) is 7.35. The lowest BCUT2D eigenvalue weighted by Crippen LogP contribution is -2.61. The number of carbonyl (C=O) groups excluding carboxylic acids is 3. The standard InChI is InChI=1S/C20H35N5O5/c1-4-12-30-20(28)24-19(22)25-11-8-10-16(23-17(27)15(3)21)18(25)29-13-7-5-6-9-14(2)26/h4,15-16,18H,1,5-13,21H2,2-3H3,(H,23,27)(H2,22,24,28). The first kappa shape index (κ1) is 25.6. The second-order valence-electron chi connectivity index (χ2n) is 7.35. The van der Waals surface area contributed by atoms with Crippen molar-refractivity contribution in [3.63, 3.8) is 0 Å². The predicted octanol–water partition coefficient (Wildman–Crippen LogP) is 1.04. The van der Waals surface area contributed by atoms with Crippen LogP contribution in [0.5, 0.6) is 0 Å². The quantitative estimate of drug-likeness (QED) is 0.192. The number of Topliss-reactive ketones (excluding diaryl/α,β-unsaturated/α-hetero) is 1. The van der Waals surface area contributed by atoms with Crippen LogP contribution >= 0.6 is 0 Å². The van der Waals surface area contributed by atoms with E-state index in [0.29, 0.717) is 26.0 Å². The van der Waals surface area contributed by atoms with Gasteiger partial charge in [-0.15, -0.1) is 4.99 Å². The Kier molecular flexibility index (Phi) is 11.7. The lowest BCUT2D eigenvalue weighted by atomic mass is 10.0. The van der Waals surface area contributed by atoms with Crippen LogP contribution in [-0.2, 0) is 19.1 Å². The van der Waals surface area contributed by atoms with E-state index in [4.69, 9.17) is 20.9 Å². The summed E-state index contributed by atoms with van der Waals surface area (Å²) in [5.74, 6) is -0.163. The van der Waals surface area contributed by atoms with Gasteiger partial charge in [-0.2, -0.15) is 0 Å². The molecule has 0 saturated carbocycles. The van der Waals surface area contributed by atoms with Crippen LogP contribution in [0.25, 0.3) is 0 Å². The lowest BCUT2D eigenvalue weighted by molar-refractivity contribution is -0.127. The largest absolute Gasteiger partial charge is 0.444 e. The molecular formula is C20H35N5O5. The molecule has 2 amide bonds. The normalized spacial score (nSPS) is 20.4. The summed E-state index contributed by atoms with van der Waals surface area (Å²) in [5.41, 5.74) is 11.7. The van der Waals surface area contributed by atoms with Gasteiger partial charge in [-0.3, -0.25) is 4.79 Å². The highest BCUT2D eigenvalue weighted by Crippen LogP contribution is 2.20. The number of unbranched alkanes of at least 4 members (excludes halogenated alkanes) is 2. The zero-order valence-corrected chi connectivity index (χ0v) is 18.0. The number of nitrogens with zero attached hydrogens (tertiary/aromatic N) is 2. The van der Waals surface area contributed by atoms with Gasteiger partial charge in [-0.1, -0.05) is 19.1 Å². The van der Waals surface area contributed by atoms with E-state index in [-0.39, 0.29) is 30.3 Å². The molecule has 0 bridgehead atoms. The molecule has 1 aliphatic rings. The highest BCUT2D eigenvalue weighted by atomic mass is 16.5. The highest BCUT2D eigenvalue weighted by molar-refractivity contribution is 5.89. The summed E-state index contributed by atoms with van der Waals surface area (Å²) in [6.07, 6.45) is 4.37. The van der Waals surface area contributed by atoms with Gasteiger partial charge in [0.15, 0.2) is 6.23 Å². The molecule has 170 valence electrons. The number of nitrogens with two attached hydrogens (primary N) is 2. The Labute approximate surface area is 178 Å². The number of piperidine rings is 1. The molecule has 3 atom stereocenters. The molecule has 1 aliphatic heterocycles. The van der Waals surface area contributed by atoms with Gasteiger partial charge in [0, 0.05) is 19.6 Å². The van der Waals surface area contributed by atoms with Crippen LogP contribution in [0.2, 0.25) is 0 Å². The molecule has 0 spiro atoms. The first-order valence-corrected chi connectivity index (χ1v) is 10.3. The minimum Gasteiger partial charge on any atom is -0.444 e. The van der Waals surface area contributed by atoms with E-state index in [2.05, 4.69) is 16.9 Å². The monoisotopic (exact) mass is 425 g/mol. The number of carbonyl (C=O) groups is 3. The van der Waals surface area contributed by atoms with Crippen molar-refractivity contribution in [2.75, 3.05) is 19.8 Å². The van der Waals surface area contributed by atoms with E-state index in [1.54, 1.807) is 18.7 Å². The number of guanidine groups is 1. The second kappa shape index (κ2) is 13.7. The number of likely N-dealkylation sites (tertiary alicyclic amines) is 1. The fraction of sp³-hybridized carbons (Fsp3) is 0.700. The van der Waals surface area contributed by atoms with Crippen molar-refractivity contribution in [2.24, 2.45) is 16.5 Å². The van der Waals surface area contributed by atoms with Crippen molar-refractivity contribution in [2.45, 2.75) is 70.7 Å². The van der Waals surface area contributed by atoms with Gasteiger partial charge >= 0.3 is 6.09 Å². The molecular weight excluding hydrogens is 390 g/mol. The molecule has 1 saturated heterocycles. The maximum Gasteiger partial charge on any atom is 0.437 e. The van der Waals surface area contributed by atoms with Crippen molar-refractivity contribution in [3.8, 4) is 0 Å². The van der Waals surface area contributed by atoms with E-state index < -0.39 is 18.4 Å².